The molecular weight excluding hydrogens is 508 g/mol. The third kappa shape index (κ3) is 8.15. The molecule has 0 atom stereocenters. The van der Waals surface area contributed by atoms with Gasteiger partial charge in [-0.15, -0.1) is 0 Å². The molecule has 1 aliphatic rings. The molecule has 100 valence electrons. The first-order valence-electron chi connectivity index (χ1n) is 3.14. The van der Waals surface area contributed by atoms with Crippen LogP contribution in [-0.2, 0) is 9.59 Å². The highest BCUT2D eigenvalue weighted by atomic mass is 79.9. The van der Waals surface area contributed by atoms with Crippen LogP contribution >= 0.6 is 31.9 Å². The summed E-state index contributed by atoms with van der Waals surface area (Å²) in [5, 5.41) is 3.79. The highest BCUT2D eigenvalue weighted by Gasteiger charge is 2.46. The lowest BCUT2D eigenvalue weighted by molar-refractivity contribution is -1.27. The Morgan fingerprint density at radius 1 is 1.00 bits per heavy atom. The quantitative estimate of drug-likeness (QED) is 0.192. The Morgan fingerprint density at radius 2 is 1.24 bits per heavy atom. The van der Waals surface area contributed by atoms with Crippen molar-refractivity contribution in [2.75, 3.05) is 0 Å². The molecule has 1 fully saturated rings. The Bertz CT molecular complexity index is 261. The molecular formula is C4H4Br4N2O7. The van der Waals surface area contributed by atoms with Gasteiger partial charge < -0.3 is 8.40 Å². The molecule has 1 heterocycles. The summed E-state index contributed by atoms with van der Waals surface area (Å²) in [7, 11) is 0. The Labute approximate surface area is 125 Å². The van der Waals surface area contributed by atoms with Crippen LogP contribution in [0.3, 0.4) is 0 Å². The van der Waals surface area contributed by atoms with Gasteiger partial charge in [0.05, 0.1) is 0 Å². The highest BCUT2D eigenvalue weighted by Crippen LogP contribution is 2.27. The molecule has 0 radical (unpaired) electrons. The number of carbonyl (C=O) groups is 3. The van der Waals surface area contributed by atoms with Gasteiger partial charge in [0.2, 0.25) is 3.23 Å². The summed E-state index contributed by atoms with van der Waals surface area (Å²) in [6.07, 6.45) is 0. The van der Waals surface area contributed by atoms with E-state index in [0.717, 1.165) is 0 Å². The number of imide groups is 2. The van der Waals surface area contributed by atoms with Crippen molar-refractivity contribution in [3.63, 3.8) is 0 Å². The number of hydrogen-bond donors (Lipinski definition) is 4. The Kier molecular flexibility index (Phi) is 11.9. The van der Waals surface area contributed by atoms with E-state index < -0.39 is 52.2 Å². The van der Waals surface area contributed by atoms with E-state index >= 15 is 0 Å². The number of halogens is 4. The summed E-state index contributed by atoms with van der Waals surface area (Å²) in [6.45, 7) is 0. The average molecular weight is 512 g/mol. The van der Waals surface area contributed by atoms with E-state index in [1.54, 1.807) is 0 Å². The van der Waals surface area contributed by atoms with Crippen molar-refractivity contribution in [3.05, 3.63) is 0 Å². The van der Waals surface area contributed by atoms with Gasteiger partial charge in [-0.2, -0.15) is 8.40 Å². The predicted octanol–water partition coefficient (Wildman–Crippen LogP) is -3.65. The van der Waals surface area contributed by atoms with E-state index in [4.69, 9.17) is 16.8 Å². The summed E-state index contributed by atoms with van der Waals surface area (Å²) in [5.41, 5.74) is 0. The minimum Gasteiger partial charge on any atom is -0.551 e. The van der Waals surface area contributed by atoms with Crippen LogP contribution in [0.5, 0.6) is 0 Å². The average Bonchev–Trinajstić information content (AvgIpc) is 2.17. The number of urea groups is 1. The zero-order valence-electron chi connectivity index (χ0n) is 7.45. The lowest BCUT2D eigenvalue weighted by Crippen LogP contribution is -2.61. The van der Waals surface area contributed by atoms with Gasteiger partial charge >= 0.3 is 37.1 Å². The van der Waals surface area contributed by atoms with Crippen molar-refractivity contribution in [1.29, 1.82) is 0 Å². The van der Waals surface area contributed by atoms with E-state index in [0.29, 0.717) is 0 Å². The molecule has 0 saturated carbocycles. The van der Waals surface area contributed by atoms with Gasteiger partial charge in [-0.3, -0.25) is 20.2 Å². The van der Waals surface area contributed by atoms with Gasteiger partial charge in [-0.1, -0.05) is 31.9 Å². The minimum absolute atomic E-state index is 0.730. The van der Waals surface area contributed by atoms with Gasteiger partial charge in [0.25, 0.3) is 11.8 Å². The lowest BCUT2D eigenvalue weighted by atomic mass is 10.3. The van der Waals surface area contributed by atoms with Gasteiger partial charge in [-0.25, -0.2) is 4.79 Å². The Morgan fingerprint density at radius 3 is 1.47 bits per heavy atom. The van der Waals surface area contributed by atoms with Crippen LogP contribution < -0.4 is 19.0 Å². The van der Waals surface area contributed by atoms with Gasteiger partial charge in [0.15, 0.2) is 0 Å². The molecule has 1 rings (SSSR count). The molecule has 1 saturated heterocycles. The standard InChI is InChI=1S/C4H2Br2N2O3.2BrHO2/c5-4(6)1(9)7-3(11)8-2(4)10;2*2-1-3/h(H2,7,8,9,10,11);2*2H. The van der Waals surface area contributed by atoms with Crippen molar-refractivity contribution in [1.82, 2.24) is 10.6 Å². The third-order valence-corrected chi connectivity index (χ3v) is 2.46. The molecule has 17 heavy (non-hydrogen) atoms. The van der Waals surface area contributed by atoms with Crippen LogP contribution in [0.25, 0.3) is 0 Å². The molecule has 0 spiro atoms. The third-order valence-electron chi connectivity index (χ3n) is 1.02. The topological polar surface area (TPSA) is 162 Å². The fourth-order valence-electron chi connectivity index (χ4n) is 0.498. The summed E-state index contributed by atoms with van der Waals surface area (Å²) >= 11 is 3.21. The fraction of sp³-hybridized carbons (Fsp3) is 0.250. The number of rotatable bonds is 0. The molecule has 0 bridgehead atoms. The second-order valence-electron chi connectivity index (χ2n) is 1.95. The smallest absolute Gasteiger partial charge is 0.417 e. The summed E-state index contributed by atoms with van der Waals surface area (Å²) < 4.78 is 29.6. The number of alkyl halides is 2. The van der Waals surface area contributed by atoms with Crippen molar-refractivity contribution in [2.45, 2.75) is 3.23 Å². The highest BCUT2D eigenvalue weighted by molar-refractivity contribution is 9.26. The van der Waals surface area contributed by atoms with Crippen LogP contribution in [-0.4, -0.2) is 29.5 Å². The van der Waals surface area contributed by atoms with Crippen molar-refractivity contribution in [3.8, 4) is 0 Å². The molecule has 9 nitrogen and oxygen atoms in total. The largest absolute Gasteiger partial charge is 0.551 e. The molecule has 0 aromatic rings. The lowest BCUT2D eigenvalue weighted by Gasteiger charge is -2.22. The van der Waals surface area contributed by atoms with Crippen LogP contribution in [0.1, 0.15) is 0 Å². The second-order valence-corrected chi connectivity index (χ2v) is 5.97. The second kappa shape index (κ2) is 10.3. The summed E-state index contributed by atoms with van der Waals surface area (Å²) in [4.78, 5) is 32.2. The monoisotopic (exact) mass is 508 g/mol. The van der Waals surface area contributed by atoms with E-state index in [1.807, 2.05) is 10.6 Å². The molecule has 13 heteroatoms. The predicted molar refractivity (Wildman–Crippen MR) is 46.7 cm³/mol. The molecule has 4 amide bonds. The van der Waals surface area contributed by atoms with Crippen molar-refractivity contribution in [2.24, 2.45) is 0 Å². The minimum atomic E-state index is -1.52. The maximum Gasteiger partial charge on any atom is 0.417 e. The van der Waals surface area contributed by atoms with E-state index in [1.165, 1.54) is 0 Å². The Hall–Kier alpha value is 0.370. The van der Waals surface area contributed by atoms with E-state index in [2.05, 4.69) is 31.9 Å². The number of nitrogens with one attached hydrogen (secondary N) is 2. The van der Waals surface area contributed by atoms with Crippen molar-refractivity contribution >= 4 is 49.7 Å². The molecule has 0 unspecified atom stereocenters. The van der Waals surface area contributed by atoms with Crippen LogP contribution in [0, 0.1) is 31.1 Å². The first kappa shape index (κ1) is 19.7. The van der Waals surface area contributed by atoms with Crippen LogP contribution in [0.15, 0.2) is 0 Å². The molecule has 0 aromatic carbocycles. The first-order chi connectivity index (χ1) is 7.77. The van der Waals surface area contributed by atoms with E-state index in [-0.39, 0.29) is 0 Å². The summed E-state index contributed by atoms with van der Waals surface area (Å²) in [6, 6.07) is -0.811. The first-order valence-corrected chi connectivity index (χ1v) is 7.44. The van der Waals surface area contributed by atoms with E-state index in [9.17, 15) is 14.4 Å². The van der Waals surface area contributed by atoms with Crippen LogP contribution in [0.2, 0.25) is 0 Å². The van der Waals surface area contributed by atoms with Crippen molar-refractivity contribution < 1.29 is 62.2 Å². The molecule has 1 aliphatic heterocycles. The number of amides is 4. The van der Waals surface area contributed by atoms with Gasteiger partial charge in [0.1, 0.15) is 0 Å². The zero-order chi connectivity index (χ0) is 14.1. The fourth-order valence-corrected chi connectivity index (χ4v) is 0.894. The molecule has 0 aromatic heterocycles. The number of barbiturate groups is 1. The zero-order valence-corrected chi connectivity index (χ0v) is 13.8. The maximum absolute atomic E-state index is 10.9. The van der Waals surface area contributed by atoms with Crippen LogP contribution in [0.4, 0.5) is 4.79 Å². The normalized spacial score (nSPS) is 16.7. The maximum atomic E-state index is 10.9. The van der Waals surface area contributed by atoms with Gasteiger partial charge in [0, 0.05) is 0 Å². The SMILES string of the molecule is O=C1NC(=O)C(Br)(Br)C(=O)N1.[O-][Br+]O.[O-][Br+]O. The van der Waals surface area contributed by atoms with Gasteiger partial charge in [-0.05, 0) is 0 Å². The number of carbonyl (C=O) groups excluding carboxylic acids is 3. The summed E-state index contributed by atoms with van der Waals surface area (Å²) in [5.74, 6) is -1.46. The Balaban J connectivity index is 0. The number of hydrogen-bond acceptors (Lipinski definition) is 7. The molecule has 0 aliphatic carbocycles. The molecule has 4 N–H and O–H groups in total.